The van der Waals surface area contributed by atoms with Gasteiger partial charge in [0.2, 0.25) is 0 Å². The molecule has 2 N–H and O–H groups in total. The van der Waals surface area contributed by atoms with Gasteiger partial charge in [0.15, 0.2) is 5.11 Å². The standard InChI is InChI=1S/C23H28N2O3S/c1-2-27-20-12-14-21(15-13-20)28-16-17-8-10-18(11-9-17)22(26)25-23(29)24-19-6-4-3-5-7-19/h8-15,19H,2-7,16H2,1H3,(H2,24,25,26,29). The molecule has 0 saturated heterocycles. The third-order valence-corrected chi connectivity index (χ3v) is 5.14. The van der Waals surface area contributed by atoms with Crippen molar-refractivity contribution in [3.63, 3.8) is 0 Å². The molecule has 0 heterocycles. The Balaban J connectivity index is 1.46. The van der Waals surface area contributed by atoms with Crippen molar-refractivity contribution in [1.82, 2.24) is 10.6 Å². The lowest BCUT2D eigenvalue weighted by atomic mass is 9.96. The predicted molar refractivity (Wildman–Crippen MR) is 118 cm³/mol. The van der Waals surface area contributed by atoms with Crippen molar-refractivity contribution in [1.29, 1.82) is 0 Å². The molecule has 1 aliphatic carbocycles. The first-order valence-electron chi connectivity index (χ1n) is 10.2. The van der Waals surface area contributed by atoms with Crippen LogP contribution in [0.15, 0.2) is 48.5 Å². The molecule has 6 heteroatoms. The summed E-state index contributed by atoms with van der Waals surface area (Å²) in [6, 6.07) is 15.3. The number of thiocarbonyl (C=S) groups is 1. The number of benzene rings is 2. The van der Waals surface area contributed by atoms with Crippen molar-refractivity contribution in [2.24, 2.45) is 0 Å². The van der Waals surface area contributed by atoms with E-state index in [9.17, 15) is 4.79 Å². The molecule has 1 fully saturated rings. The van der Waals surface area contributed by atoms with Crippen LogP contribution in [0.3, 0.4) is 0 Å². The van der Waals surface area contributed by atoms with Gasteiger partial charge in [-0.2, -0.15) is 0 Å². The van der Waals surface area contributed by atoms with Crippen LogP contribution in [0.4, 0.5) is 0 Å². The normalized spacial score (nSPS) is 14.1. The van der Waals surface area contributed by atoms with Crippen molar-refractivity contribution >= 4 is 23.2 Å². The average molecular weight is 413 g/mol. The maximum absolute atomic E-state index is 12.4. The summed E-state index contributed by atoms with van der Waals surface area (Å²) in [6.07, 6.45) is 5.94. The molecule has 0 bridgehead atoms. The van der Waals surface area contributed by atoms with E-state index < -0.39 is 0 Å². The summed E-state index contributed by atoms with van der Waals surface area (Å²) in [5.74, 6) is 1.40. The predicted octanol–water partition coefficient (Wildman–Crippen LogP) is 4.60. The quantitative estimate of drug-likeness (QED) is 0.651. The van der Waals surface area contributed by atoms with Crippen LogP contribution in [-0.4, -0.2) is 23.7 Å². The Morgan fingerprint density at radius 2 is 1.59 bits per heavy atom. The van der Waals surface area contributed by atoms with Crippen LogP contribution in [0.1, 0.15) is 54.9 Å². The molecule has 0 radical (unpaired) electrons. The second-order valence-electron chi connectivity index (χ2n) is 7.15. The second-order valence-corrected chi connectivity index (χ2v) is 7.56. The van der Waals surface area contributed by atoms with E-state index in [0.29, 0.717) is 29.9 Å². The average Bonchev–Trinajstić information content (AvgIpc) is 2.74. The van der Waals surface area contributed by atoms with Gasteiger partial charge >= 0.3 is 0 Å². The first kappa shape index (κ1) is 21.1. The lowest BCUT2D eigenvalue weighted by Gasteiger charge is -2.24. The lowest BCUT2D eigenvalue weighted by molar-refractivity contribution is 0.0976. The zero-order valence-electron chi connectivity index (χ0n) is 16.8. The van der Waals surface area contributed by atoms with Gasteiger partial charge in [0, 0.05) is 11.6 Å². The highest BCUT2D eigenvalue weighted by Gasteiger charge is 2.15. The zero-order chi connectivity index (χ0) is 20.5. The Morgan fingerprint density at radius 1 is 0.966 bits per heavy atom. The molecule has 29 heavy (non-hydrogen) atoms. The Bertz CT molecular complexity index is 800. The van der Waals surface area contributed by atoms with Crippen molar-refractivity contribution in [2.75, 3.05) is 6.61 Å². The van der Waals surface area contributed by atoms with Crippen molar-refractivity contribution in [2.45, 2.75) is 51.7 Å². The van der Waals surface area contributed by atoms with Crippen LogP contribution in [0.5, 0.6) is 11.5 Å². The first-order chi connectivity index (χ1) is 14.1. The summed E-state index contributed by atoms with van der Waals surface area (Å²) in [7, 11) is 0. The lowest BCUT2D eigenvalue weighted by Crippen LogP contribution is -2.45. The number of rotatable bonds is 7. The maximum atomic E-state index is 12.4. The number of carbonyl (C=O) groups excluding carboxylic acids is 1. The van der Waals surface area contributed by atoms with E-state index in [-0.39, 0.29) is 5.91 Å². The summed E-state index contributed by atoms with van der Waals surface area (Å²) >= 11 is 5.29. The summed E-state index contributed by atoms with van der Waals surface area (Å²) in [6.45, 7) is 3.02. The highest BCUT2D eigenvalue weighted by atomic mass is 32.1. The van der Waals surface area contributed by atoms with E-state index in [2.05, 4.69) is 10.6 Å². The number of carbonyl (C=O) groups is 1. The zero-order valence-corrected chi connectivity index (χ0v) is 17.6. The van der Waals surface area contributed by atoms with Crippen LogP contribution in [0.2, 0.25) is 0 Å². The molecule has 0 spiro atoms. The molecule has 0 atom stereocenters. The van der Waals surface area contributed by atoms with Gasteiger partial charge in [-0.25, -0.2) is 0 Å². The van der Waals surface area contributed by atoms with Gasteiger partial charge in [-0.15, -0.1) is 0 Å². The van der Waals surface area contributed by atoms with E-state index in [4.69, 9.17) is 21.7 Å². The van der Waals surface area contributed by atoms with E-state index in [0.717, 1.165) is 29.9 Å². The third-order valence-electron chi connectivity index (χ3n) is 4.92. The molecule has 2 aromatic carbocycles. The molecule has 0 unspecified atom stereocenters. The molecule has 0 aliphatic heterocycles. The minimum absolute atomic E-state index is 0.197. The highest BCUT2D eigenvalue weighted by molar-refractivity contribution is 7.80. The van der Waals surface area contributed by atoms with Gasteiger partial charge in [-0.05, 0) is 73.9 Å². The largest absolute Gasteiger partial charge is 0.494 e. The maximum Gasteiger partial charge on any atom is 0.257 e. The van der Waals surface area contributed by atoms with Gasteiger partial charge in [-0.1, -0.05) is 31.4 Å². The summed E-state index contributed by atoms with van der Waals surface area (Å²) in [5, 5.41) is 6.43. The van der Waals surface area contributed by atoms with Gasteiger partial charge in [0.25, 0.3) is 5.91 Å². The monoisotopic (exact) mass is 412 g/mol. The van der Waals surface area contributed by atoms with Gasteiger partial charge in [-0.3, -0.25) is 10.1 Å². The van der Waals surface area contributed by atoms with E-state index in [1.165, 1.54) is 19.3 Å². The SMILES string of the molecule is CCOc1ccc(OCc2ccc(C(=O)NC(=S)NC3CCCCC3)cc2)cc1. The molecule has 0 aromatic heterocycles. The fraction of sp³-hybridized carbons (Fsp3) is 0.391. The number of ether oxygens (including phenoxy) is 2. The Morgan fingerprint density at radius 3 is 2.21 bits per heavy atom. The van der Waals surface area contributed by atoms with Gasteiger partial charge < -0.3 is 14.8 Å². The topological polar surface area (TPSA) is 59.6 Å². The van der Waals surface area contributed by atoms with Crippen LogP contribution in [-0.2, 0) is 6.61 Å². The van der Waals surface area contributed by atoms with Crippen molar-refractivity contribution < 1.29 is 14.3 Å². The molecule has 1 saturated carbocycles. The van der Waals surface area contributed by atoms with E-state index >= 15 is 0 Å². The fourth-order valence-corrected chi connectivity index (χ4v) is 3.62. The molecule has 1 aliphatic rings. The summed E-state index contributed by atoms with van der Waals surface area (Å²) < 4.78 is 11.2. The summed E-state index contributed by atoms with van der Waals surface area (Å²) in [4.78, 5) is 12.4. The van der Waals surface area contributed by atoms with Gasteiger partial charge in [0.1, 0.15) is 18.1 Å². The molecule has 1 amide bonds. The van der Waals surface area contributed by atoms with Crippen molar-refractivity contribution in [3.8, 4) is 11.5 Å². The molecule has 154 valence electrons. The van der Waals surface area contributed by atoms with Crippen LogP contribution >= 0.6 is 12.2 Å². The molecule has 2 aromatic rings. The first-order valence-corrected chi connectivity index (χ1v) is 10.6. The van der Waals surface area contributed by atoms with E-state index in [1.54, 1.807) is 12.1 Å². The molecule has 3 rings (SSSR count). The molecule has 5 nitrogen and oxygen atoms in total. The third kappa shape index (κ3) is 6.75. The molecular formula is C23H28N2O3S. The minimum Gasteiger partial charge on any atom is -0.494 e. The van der Waals surface area contributed by atoms with Crippen LogP contribution < -0.4 is 20.1 Å². The summed E-state index contributed by atoms with van der Waals surface area (Å²) in [5.41, 5.74) is 1.56. The number of nitrogens with one attached hydrogen (secondary N) is 2. The van der Waals surface area contributed by atoms with Gasteiger partial charge in [0.05, 0.1) is 6.61 Å². The number of hydrogen-bond acceptors (Lipinski definition) is 4. The molecular weight excluding hydrogens is 384 g/mol. The Kier molecular flexibility index (Phi) is 7.87. The second kappa shape index (κ2) is 10.8. The van der Waals surface area contributed by atoms with E-state index in [1.807, 2.05) is 43.3 Å². The number of hydrogen-bond donors (Lipinski definition) is 2. The Hall–Kier alpha value is -2.60. The minimum atomic E-state index is -0.197. The Labute approximate surface area is 177 Å². The highest BCUT2D eigenvalue weighted by Crippen LogP contribution is 2.19. The van der Waals surface area contributed by atoms with Crippen molar-refractivity contribution in [3.05, 3.63) is 59.7 Å². The van der Waals surface area contributed by atoms with Crippen LogP contribution in [0, 0.1) is 0 Å². The number of amides is 1. The fourth-order valence-electron chi connectivity index (χ4n) is 3.36. The van der Waals surface area contributed by atoms with Crippen LogP contribution in [0.25, 0.3) is 0 Å². The smallest absolute Gasteiger partial charge is 0.257 e.